The van der Waals surface area contributed by atoms with E-state index in [0.29, 0.717) is 12.0 Å². The molecule has 0 saturated carbocycles. The first-order chi connectivity index (χ1) is 13.2. The first-order valence-corrected chi connectivity index (χ1v) is 9.27. The van der Waals surface area contributed by atoms with Crippen LogP contribution in [0.1, 0.15) is 48.9 Å². The number of carbonyl (C=O) groups excluding carboxylic acids is 1. The quantitative estimate of drug-likeness (QED) is 0.767. The van der Waals surface area contributed by atoms with E-state index in [0.717, 1.165) is 46.9 Å². The molecule has 1 aliphatic rings. The van der Waals surface area contributed by atoms with E-state index in [1.165, 1.54) is 5.56 Å². The number of carbonyl (C=O) groups is 1. The summed E-state index contributed by atoms with van der Waals surface area (Å²) < 4.78 is 0. The van der Waals surface area contributed by atoms with E-state index in [2.05, 4.69) is 21.4 Å². The minimum Gasteiger partial charge on any atom is -0.349 e. The predicted molar refractivity (Wildman–Crippen MR) is 104 cm³/mol. The molecule has 0 radical (unpaired) electrons. The van der Waals surface area contributed by atoms with Crippen LogP contribution in [0.5, 0.6) is 0 Å². The maximum Gasteiger partial charge on any atom is 0.220 e. The average molecular weight is 356 g/mol. The summed E-state index contributed by atoms with van der Waals surface area (Å²) in [5, 5.41) is 13.8. The van der Waals surface area contributed by atoms with Gasteiger partial charge in [-0.1, -0.05) is 13.0 Å². The Hall–Kier alpha value is -3.26. The van der Waals surface area contributed by atoms with Crippen LogP contribution in [0.2, 0.25) is 0 Å². The van der Waals surface area contributed by atoms with Crippen molar-refractivity contribution >= 4 is 16.8 Å². The number of nitriles is 1. The van der Waals surface area contributed by atoms with Gasteiger partial charge in [-0.25, -0.2) is 0 Å². The van der Waals surface area contributed by atoms with Crippen LogP contribution in [0.25, 0.3) is 22.0 Å². The van der Waals surface area contributed by atoms with Gasteiger partial charge in [-0.3, -0.25) is 14.8 Å². The molecular weight excluding hydrogens is 336 g/mol. The third-order valence-corrected chi connectivity index (χ3v) is 5.23. The lowest BCUT2D eigenvalue weighted by Crippen LogP contribution is -2.30. The Morgan fingerprint density at radius 3 is 3.00 bits per heavy atom. The molecule has 0 fully saturated rings. The molecule has 5 heteroatoms. The molecule has 0 unspecified atom stereocenters. The molecule has 1 atom stereocenters. The number of hydrogen-bond donors (Lipinski definition) is 1. The summed E-state index contributed by atoms with van der Waals surface area (Å²) in [5.74, 6) is 0.0488. The lowest BCUT2D eigenvalue weighted by molar-refractivity contribution is -0.121. The van der Waals surface area contributed by atoms with Crippen LogP contribution in [0, 0.1) is 11.3 Å². The molecule has 1 N–H and O–H groups in total. The van der Waals surface area contributed by atoms with Crippen molar-refractivity contribution in [2.75, 3.05) is 0 Å². The molecule has 5 nitrogen and oxygen atoms in total. The smallest absolute Gasteiger partial charge is 0.220 e. The van der Waals surface area contributed by atoms with Crippen molar-refractivity contribution in [2.45, 2.75) is 38.6 Å². The van der Waals surface area contributed by atoms with Crippen molar-refractivity contribution in [3.05, 3.63) is 59.5 Å². The second-order valence-electron chi connectivity index (χ2n) is 6.79. The number of pyridine rings is 2. The summed E-state index contributed by atoms with van der Waals surface area (Å²) in [6.45, 7) is 1.86. The Morgan fingerprint density at radius 2 is 2.19 bits per heavy atom. The van der Waals surface area contributed by atoms with Crippen LogP contribution in [-0.4, -0.2) is 15.9 Å². The second-order valence-corrected chi connectivity index (χ2v) is 6.79. The molecule has 1 aromatic carbocycles. The summed E-state index contributed by atoms with van der Waals surface area (Å²) in [5.41, 5.74) is 5.53. The Kier molecular flexibility index (Phi) is 4.55. The zero-order valence-corrected chi connectivity index (χ0v) is 15.2. The highest BCUT2D eigenvalue weighted by Gasteiger charge is 2.25. The van der Waals surface area contributed by atoms with Gasteiger partial charge in [0.05, 0.1) is 17.1 Å². The van der Waals surface area contributed by atoms with Gasteiger partial charge in [0.2, 0.25) is 5.91 Å². The van der Waals surface area contributed by atoms with Crippen LogP contribution in [-0.2, 0) is 11.2 Å². The van der Waals surface area contributed by atoms with Crippen molar-refractivity contribution in [2.24, 2.45) is 0 Å². The number of nitrogens with one attached hydrogen (secondary N) is 1. The molecule has 3 aromatic rings. The van der Waals surface area contributed by atoms with Crippen LogP contribution < -0.4 is 5.32 Å². The van der Waals surface area contributed by atoms with Gasteiger partial charge < -0.3 is 5.32 Å². The van der Waals surface area contributed by atoms with Crippen molar-refractivity contribution in [1.82, 2.24) is 15.3 Å². The van der Waals surface area contributed by atoms with Crippen molar-refractivity contribution in [3.63, 3.8) is 0 Å². The van der Waals surface area contributed by atoms with Gasteiger partial charge in [0.25, 0.3) is 0 Å². The highest BCUT2D eigenvalue weighted by Crippen LogP contribution is 2.38. The third kappa shape index (κ3) is 3.04. The van der Waals surface area contributed by atoms with E-state index in [1.54, 1.807) is 6.20 Å². The van der Waals surface area contributed by atoms with Gasteiger partial charge in [-0.2, -0.15) is 5.26 Å². The van der Waals surface area contributed by atoms with Crippen LogP contribution >= 0.6 is 0 Å². The lowest BCUT2D eigenvalue weighted by Gasteiger charge is -2.28. The normalized spacial score (nSPS) is 15.8. The molecule has 4 rings (SSSR count). The molecule has 0 saturated heterocycles. The standard InChI is InChI=1S/C22H20N4O/c1-2-22(27)26-21-7-3-5-14-18(12-24-13-19(14)21)15-8-9-20-16(17(15)11-23)6-4-10-25-20/h4,6,8-10,12-13,21H,2-3,5,7H2,1H3,(H,26,27)/t21-/m1/s1. The zero-order chi connectivity index (χ0) is 18.8. The third-order valence-electron chi connectivity index (χ3n) is 5.23. The fourth-order valence-electron chi connectivity index (χ4n) is 3.90. The Balaban J connectivity index is 1.87. The Labute approximate surface area is 158 Å². The number of benzene rings is 1. The number of aromatic nitrogens is 2. The number of rotatable bonds is 3. The molecule has 2 heterocycles. The maximum atomic E-state index is 11.9. The van der Waals surface area contributed by atoms with E-state index in [9.17, 15) is 10.1 Å². The number of amides is 1. The highest BCUT2D eigenvalue weighted by atomic mass is 16.1. The van der Waals surface area contributed by atoms with Gasteiger partial charge >= 0.3 is 0 Å². The largest absolute Gasteiger partial charge is 0.349 e. The Morgan fingerprint density at radius 1 is 1.30 bits per heavy atom. The topological polar surface area (TPSA) is 78.7 Å². The highest BCUT2D eigenvalue weighted by molar-refractivity contribution is 5.92. The summed E-state index contributed by atoms with van der Waals surface area (Å²) >= 11 is 0. The monoisotopic (exact) mass is 356 g/mol. The van der Waals surface area contributed by atoms with E-state index >= 15 is 0 Å². The summed E-state index contributed by atoms with van der Waals surface area (Å²) in [4.78, 5) is 20.7. The van der Waals surface area contributed by atoms with Gasteiger partial charge in [-0.05, 0) is 48.6 Å². The summed E-state index contributed by atoms with van der Waals surface area (Å²) in [7, 11) is 0. The van der Waals surface area contributed by atoms with E-state index < -0.39 is 0 Å². The van der Waals surface area contributed by atoms with Gasteiger partial charge in [-0.15, -0.1) is 0 Å². The molecule has 1 amide bonds. The van der Waals surface area contributed by atoms with Crippen LogP contribution in [0.4, 0.5) is 0 Å². The summed E-state index contributed by atoms with van der Waals surface area (Å²) in [6.07, 6.45) is 8.72. The zero-order valence-electron chi connectivity index (χ0n) is 15.2. The van der Waals surface area contributed by atoms with E-state index in [1.807, 2.05) is 43.6 Å². The molecule has 0 bridgehead atoms. The van der Waals surface area contributed by atoms with E-state index in [4.69, 9.17) is 0 Å². The molecule has 2 aromatic heterocycles. The number of nitrogens with zero attached hydrogens (tertiary/aromatic N) is 3. The predicted octanol–water partition coefficient (Wildman–Crippen LogP) is 4.07. The van der Waals surface area contributed by atoms with Gasteiger partial charge in [0, 0.05) is 41.5 Å². The minimum absolute atomic E-state index is 0.0127. The van der Waals surface area contributed by atoms with E-state index in [-0.39, 0.29) is 11.9 Å². The van der Waals surface area contributed by atoms with Crippen molar-refractivity contribution < 1.29 is 4.79 Å². The fraction of sp³-hybridized carbons (Fsp3) is 0.273. The molecule has 134 valence electrons. The average Bonchev–Trinajstić information content (AvgIpc) is 2.72. The number of hydrogen-bond acceptors (Lipinski definition) is 4. The van der Waals surface area contributed by atoms with Crippen molar-refractivity contribution in [1.29, 1.82) is 5.26 Å². The molecule has 27 heavy (non-hydrogen) atoms. The van der Waals surface area contributed by atoms with Crippen LogP contribution in [0.15, 0.2) is 42.9 Å². The number of fused-ring (bicyclic) bond motifs is 2. The first kappa shape index (κ1) is 17.2. The van der Waals surface area contributed by atoms with Crippen LogP contribution in [0.3, 0.4) is 0 Å². The fourth-order valence-corrected chi connectivity index (χ4v) is 3.90. The SMILES string of the molecule is CCC(=O)N[C@@H]1CCCc2c(-c3ccc4ncccc4c3C#N)cncc21. The molecular formula is C22H20N4O. The van der Waals surface area contributed by atoms with Gasteiger partial charge in [0.15, 0.2) is 0 Å². The second kappa shape index (κ2) is 7.16. The summed E-state index contributed by atoms with van der Waals surface area (Å²) in [6, 6.07) is 10.0. The van der Waals surface area contributed by atoms with Crippen molar-refractivity contribution in [3.8, 4) is 17.2 Å². The molecule has 1 aliphatic carbocycles. The minimum atomic E-state index is -0.0127. The first-order valence-electron chi connectivity index (χ1n) is 9.27. The van der Waals surface area contributed by atoms with Gasteiger partial charge in [0.1, 0.15) is 6.07 Å². The Bertz CT molecular complexity index is 1070. The molecule has 0 spiro atoms. The maximum absolute atomic E-state index is 11.9. The lowest BCUT2D eigenvalue weighted by atomic mass is 9.83. The molecule has 0 aliphatic heterocycles.